The second-order valence-electron chi connectivity index (χ2n) is 4.35. The van der Waals surface area contributed by atoms with Crippen LogP contribution in [0.4, 0.5) is 18.9 Å². The number of halogens is 3. The van der Waals surface area contributed by atoms with Gasteiger partial charge >= 0.3 is 6.18 Å². The topological polar surface area (TPSA) is 96.1 Å². The quantitative estimate of drug-likeness (QED) is 0.671. The maximum absolute atomic E-state index is 12.7. The smallest absolute Gasteiger partial charge is 0.381 e. The van der Waals surface area contributed by atoms with E-state index >= 15 is 0 Å². The maximum atomic E-state index is 12.7. The predicted octanol–water partition coefficient (Wildman–Crippen LogP) is 0.106. The molecule has 21 heavy (non-hydrogen) atoms. The molecule has 0 bridgehead atoms. The number of hydrogen-bond acceptors (Lipinski definition) is 5. The lowest BCUT2D eigenvalue weighted by atomic mass is 10.2. The molecule has 2 heterocycles. The molecule has 1 amide bonds. The van der Waals surface area contributed by atoms with Crippen LogP contribution in [0.2, 0.25) is 0 Å². The highest BCUT2D eigenvalue weighted by Crippen LogP contribution is 2.31. The maximum Gasteiger partial charge on any atom is 0.423 e. The Morgan fingerprint density at radius 2 is 2.19 bits per heavy atom. The highest BCUT2D eigenvalue weighted by atomic mass is 19.4. The Balaban J connectivity index is 1.93. The summed E-state index contributed by atoms with van der Waals surface area (Å²) in [5, 5.41) is 10.1. The molecule has 1 aliphatic heterocycles. The molecule has 0 radical (unpaired) electrons. The Kier molecular flexibility index (Phi) is 4.46. The molecule has 116 valence electrons. The van der Waals surface area contributed by atoms with Gasteiger partial charge in [0.15, 0.2) is 0 Å². The van der Waals surface area contributed by atoms with E-state index in [1.807, 2.05) is 0 Å². The minimum Gasteiger partial charge on any atom is -0.381 e. The summed E-state index contributed by atoms with van der Waals surface area (Å²) in [6.07, 6.45) is -3.96. The summed E-state index contributed by atoms with van der Waals surface area (Å²) in [5.41, 5.74) is -3.08. The molecular weight excluding hydrogens is 293 g/mol. The van der Waals surface area contributed by atoms with E-state index in [4.69, 9.17) is 4.74 Å². The highest BCUT2D eigenvalue weighted by Gasteiger charge is 2.37. The molecule has 0 spiro atoms. The van der Waals surface area contributed by atoms with E-state index in [-0.39, 0.29) is 19.1 Å². The van der Waals surface area contributed by atoms with Gasteiger partial charge in [-0.2, -0.15) is 18.3 Å². The van der Waals surface area contributed by atoms with Crippen molar-refractivity contribution in [3.8, 4) is 0 Å². The van der Waals surface area contributed by atoms with E-state index in [9.17, 15) is 22.8 Å². The van der Waals surface area contributed by atoms with Crippen molar-refractivity contribution in [2.24, 2.45) is 0 Å². The van der Waals surface area contributed by atoms with Crippen LogP contribution in [-0.2, 0) is 15.7 Å². The molecule has 2 rings (SSSR count). The first-order chi connectivity index (χ1) is 9.89. The van der Waals surface area contributed by atoms with Crippen LogP contribution in [-0.4, -0.2) is 41.9 Å². The number of aromatic amines is 1. The average molecular weight is 306 g/mol. The third-order valence-corrected chi connectivity index (χ3v) is 2.87. The number of ether oxygens (including phenoxy) is 1. The monoisotopic (exact) mass is 306 g/mol. The van der Waals surface area contributed by atoms with Crippen LogP contribution in [0.15, 0.2) is 11.0 Å². The Labute approximate surface area is 116 Å². The fraction of sp³-hybridized carbons (Fsp3) is 0.545. The Bertz CT molecular complexity index is 573. The molecule has 1 fully saturated rings. The molecule has 7 nitrogen and oxygen atoms in total. The highest BCUT2D eigenvalue weighted by molar-refractivity contribution is 5.82. The van der Waals surface area contributed by atoms with E-state index in [0.717, 1.165) is 6.20 Å². The Hall–Kier alpha value is -2.10. The number of carbonyl (C=O) groups is 1. The van der Waals surface area contributed by atoms with Crippen LogP contribution in [0, 0.1) is 0 Å². The summed E-state index contributed by atoms with van der Waals surface area (Å²) in [5.74, 6) is -0.233. The summed E-state index contributed by atoms with van der Waals surface area (Å²) in [4.78, 5) is 22.4. The average Bonchev–Trinajstić information content (AvgIpc) is 2.79. The molecule has 1 aromatic rings. The lowest BCUT2D eigenvalue weighted by molar-refractivity contribution is -0.138. The number of nitrogens with one attached hydrogen (secondary N) is 3. The van der Waals surface area contributed by atoms with Gasteiger partial charge in [0.25, 0.3) is 5.56 Å². The van der Waals surface area contributed by atoms with Crippen molar-refractivity contribution in [2.75, 3.05) is 25.0 Å². The lowest BCUT2D eigenvalue weighted by Crippen LogP contribution is -2.28. The van der Waals surface area contributed by atoms with Gasteiger partial charge in [-0.25, -0.2) is 5.10 Å². The number of aromatic nitrogens is 2. The summed E-state index contributed by atoms with van der Waals surface area (Å²) < 4.78 is 43.5. The van der Waals surface area contributed by atoms with E-state index in [1.54, 1.807) is 5.10 Å². The minimum absolute atomic E-state index is 0.0119. The number of amides is 1. The van der Waals surface area contributed by atoms with Gasteiger partial charge in [-0.15, -0.1) is 0 Å². The third kappa shape index (κ3) is 3.72. The fourth-order valence-electron chi connectivity index (χ4n) is 1.93. The van der Waals surface area contributed by atoms with Crippen molar-refractivity contribution in [2.45, 2.75) is 18.7 Å². The van der Waals surface area contributed by atoms with Crippen molar-refractivity contribution in [1.82, 2.24) is 15.5 Å². The number of nitrogens with zero attached hydrogens (tertiary/aromatic N) is 1. The van der Waals surface area contributed by atoms with Crippen LogP contribution in [0.25, 0.3) is 0 Å². The van der Waals surface area contributed by atoms with E-state index < -0.39 is 29.1 Å². The van der Waals surface area contributed by atoms with Crippen molar-refractivity contribution < 1.29 is 22.7 Å². The molecule has 1 aliphatic rings. The first-order valence-corrected chi connectivity index (χ1v) is 6.17. The summed E-state index contributed by atoms with van der Waals surface area (Å²) in [6, 6.07) is 0. The zero-order valence-electron chi connectivity index (χ0n) is 10.8. The molecule has 1 atom stereocenters. The van der Waals surface area contributed by atoms with Crippen LogP contribution >= 0.6 is 0 Å². The van der Waals surface area contributed by atoms with Crippen LogP contribution in [0.1, 0.15) is 12.0 Å². The number of anilines is 1. The van der Waals surface area contributed by atoms with E-state index in [1.165, 1.54) is 0 Å². The minimum atomic E-state index is -4.79. The molecule has 0 aromatic carbocycles. The Morgan fingerprint density at radius 1 is 1.43 bits per heavy atom. The molecule has 0 aliphatic carbocycles. The SMILES string of the molecule is O=C1NCCC1OCCNc1cn[nH]c(=O)c1C(F)(F)F. The standard InChI is InChI=1S/C11H13F3N4O3/c12-11(13,14)8-6(5-17-18-10(8)20)15-3-4-21-7-1-2-16-9(7)19/h5,7H,1-4H2,(H,16,19)(H2,15,18,20). The summed E-state index contributed by atoms with van der Waals surface area (Å²) in [7, 11) is 0. The number of H-pyrrole nitrogens is 1. The number of alkyl halides is 3. The van der Waals surface area contributed by atoms with Crippen LogP contribution < -0.4 is 16.2 Å². The zero-order chi connectivity index (χ0) is 15.5. The van der Waals surface area contributed by atoms with Crippen molar-refractivity contribution >= 4 is 11.6 Å². The molecule has 0 saturated carbocycles. The molecule has 1 unspecified atom stereocenters. The van der Waals surface area contributed by atoms with Crippen molar-refractivity contribution in [1.29, 1.82) is 0 Å². The van der Waals surface area contributed by atoms with Crippen LogP contribution in [0.5, 0.6) is 0 Å². The van der Waals surface area contributed by atoms with Gasteiger partial charge in [-0.05, 0) is 6.42 Å². The second-order valence-corrected chi connectivity index (χ2v) is 4.35. The second kappa shape index (κ2) is 6.12. The number of hydrogen-bond donors (Lipinski definition) is 3. The zero-order valence-corrected chi connectivity index (χ0v) is 10.8. The third-order valence-electron chi connectivity index (χ3n) is 2.87. The summed E-state index contributed by atoms with van der Waals surface area (Å²) in [6.45, 7) is 0.563. The van der Waals surface area contributed by atoms with E-state index in [0.29, 0.717) is 13.0 Å². The van der Waals surface area contributed by atoms with E-state index in [2.05, 4.69) is 15.7 Å². The first-order valence-electron chi connectivity index (χ1n) is 6.17. The molecule has 10 heteroatoms. The fourth-order valence-corrected chi connectivity index (χ4v) is 1.93. The largest absolute Gasteiger partial charge is 0.423 e. The van der Waals surface area contributed by atoms with Gasteiger partial charge in [0.2, 0.25) is 5.91 Å². The summed E-state index contributed by atoms with van der Waals surface area (Å²) >= 11 is 0. The van der Waals surface area contributed by atoms with Crippen LogP contribution in [0.3, 0.4) is 0 Å². The molecule has 1 saturated heterocycles. The Morgan fingerprint density at radius 3 is 2.81 bits per heavy atom. The predicted molar refractivity (Wildman–Crippen MR) is 65.7 cm³/mol. The van der Waals surface area contributed by atoms with Gasteiger partial charge in [0.1, 0.15) is 11.7 Å². The number of rotatable bonds is 5. The van der Waals surface area contributed by atoms with Crippen molar-refractivity contribution in [3.05, 3.63) is 22.1 Å². The number of carbonyl (C=O) groups excluding carboxylic acids is 1. The van der Waals surface area contributed by atoms with Gasteiger partial charge in [0.05, 0.1) is 18.5 Å². The van der Waals surface area contributed by atoms with Gasteiger partial charge in [-0.3, -0.25) is 9.59 Å². The van der Waals surface area contributed by atoms with Gasteiger partial charge in [0, 0.05) is 13.1 Å². The first kappa shape index (κ1) is 15.3. The lowest BCUT2D eigenvalue weighted by Gasteiger charge is -2.13. The van der Waals surface area contributed by atoms with Gasteiger partial charge in [-0.1, -0.05) is 0 Å². The molecule has 3 N–H and O–H groups in total. The molecular formula is C11H13F3N4O3. The van der Waals surface area contributed by atoms with Gasteiger partial charge < -0.3 is 15.4 Å². The normalized spacial score (nSPS) is 18.6. The molecule has 1 aromatic heterocycles. The van der Waals surface area contributed by atoms with Crippen molar-refractivity contribution in [3.63, 3.8) is 0 Å².